The second-order valence-electron chi connectivity index (χ2n) is 16.7. The smallest absolute Gasteiger partial charge is 0.344 e. The van der Waals surface area contributed by atoms with Crippen LogP contribution >= 0.6 is 0 Å². The molecule has 0 unspecified atom stereocenters. The quantitative estimate of drug-likeness (QED) is 0.0530. The van der Waals surface area contributed by atoms with E-state index in [0.29, 0.717) is 66.3 Å². The molecule has 0 heterocycles. The number of esters is 2. The Balaban J connectivity index is 1.60. The van der Waals surface area contributed by atoms with Gasteiger partial charge in [0.1, 0.15) is 11.5 Å². The van der Waals surface area contributed by atoms with Crippen LogP contribution < -0.4 is 19.8 Å². The fraction of sp³-hybridized carbons (Fsp3) is 0.280. The van der Waals surface area contributed by atoms with Gasteiger partial charge in [0.25, 0.3) is 0 Å². The van der Waals surface area contributed by atoms with Crippen molar-refractivity contribution in [1.82, 2.24) is 0 Å². The Morgan fingerprint density at radius 1 is 0.414 bits per heavy atom. The topological polar surface area (TPSA) is 71.1 Å². The molecular weight excluding hydrogens is 753 g/mol. The minimum Gasteiger partial charge on any atom is -0.423 e. The lowest BCUT2D eigenvalue weighted by Crippen LogP contribution is -2.55. The standard InChI is InChI=1S/C50H54O6Si2/c1-31(2)57(53-9,32(3)4)41-23-21-35-27-43-45(29-37(35)25-41)47(49(51)55-39-17-13-11-14-18-39)44-28-36-22-24-42(58(54-10,33(5)6)34(7)8)26-38(36)30-46(44)48(43)50(52)56-40-19-15-12-16-20-40/h11-34H,1-10H3. The van der Waals surface area contributed by atoms with Crippen LogP contribution in [0.3, 0.4) is 0 Å². The van der Waals surface area contributed by atoms with Crippen molar-refractivity contribution in [2.24, 2.45) is 0 Å². The first kappa shape index (κ1) is 41.0. The zero-order valence-electron chi connectivity index (χ0n) is 35.3. The fourth-order valence-corrected chi connectivity index (χ4v) is 18.9. The molecule has 0 N–H and O–H groups in total. The molecule has 0 radical (unpaired) electrons. The van der Waals surface area contributed by atoms with Crippen molar-refractivity contribution in [1.29, 1.82) is 0 Å². The van der Waals surface area contributed by atoms with Gasteiger partial charge in [-0.05, 0) is 124 Å². The van der Waals surface area contributed by atoms with Gasteiger partial charge in [-0.1, -0.05) is 128 Å². The van der Waals surface area contributed by atoms with Gasteiger partial charge >= 0.3 is 11.9 Å². The van der Waals surface area contributed by atoms with Crippen LogP contribution in [0, 0.1) is 0 Å². The second kappa shape index (κ2) is 16.3. The van der Waals surface area contributed by atoms with Gasteiger partial charge in [0, 0.05) is 14.2 Å². The molecule has 7 aromatic rings. The molecule has 0 aliphatic heterocycles. The molecule has 0 atom stereocenters. The van der Waals surface area contributed by atoms with Crippen LogP contribution in [-0.2, 0) is 8.85 Å². The number of benzene rings is 7. The van der Waals surface area contributed by atoms with Crippen LogP contribution in [0.5, 0.6) is 11.5 Å². The maximum Gasteiger partial charge on any atom is 0.344 e. The van der Waals surface area contributed by atoms with Crippen molar-refractivity contribution in [3.05, 3.63) is 132 Å². The molecule has 0 spiro atoms. The molecule has 0 bridgehead atoms. The molecule has 0 fully saturated rings. The van der Waals surface area contributed by atoms with Gasteiger partial charge in [-0.3, -0.25) is 0 Å². The number of fused-ring (bicyclic) bond motifs is 4. The summed E-state index contributed by atoms with van der Waals surface area (Å²) in [5.74, 6) is -0.150. The molecule has 0 saturated heterocycles. The highest BCUT2D eigenvalue weighted by molar-refractivity contribution is 6.89. The first-order valence-electron chi connectivity index (χ1n) is 20.3. The molecule has 0 aromatic heterocycles. The number of rotatable bonds is 12. The monoisotopic (exact) mass is 806 g/mol. The number of carbonyl (C=O) groups is 2. The van der Waals surface area contributed by atoms with E-state index in [1.54, 1.807) is 24.3 Å². The summed E-state index contributed by atoms with van der Waals surface area (Å²) in [6, 6.07) is 39.4. The molecule has 6 nitrogen and oxygen atoms in total. The molecule has 0 aliphatic carbocycles. The number of carbonyl (C=O) groups excluding carboxylic acids is 2. The van der Waals surface area contributed by atoms with Gasteiger partial charge in [0.15, 0.2) is 0 Å². The highest BCUT2D eigenvalue weighted by Gasteiger charge is 2.44. The second-order valence-corrected chi connectivity index (χ2v) is 26.5. The fourth-order valence-electron chi connectivity index (χ4n) is 9.78. The van der Waals surface area contributed by atoms with Crippen molar-refractivity contribution in [2.75, 3.05) is 14.2 Å². The lowest BCUT2D eigenvalue weighted by molar-refractivity contribution is 0.0726. The van der Waals surface area contributed by atoms with Crippen LogP contribution in [0.4, 0.5) is 0 Å². The molecule has 58 heavy (non-hydrogen) atoms. The van der Waals surface area contributed by atoms with E-state index in [1.165, 1.54) is 10.4 Å². The van der Waals surface area contributed by atoms with Crippen LogP contribution in [-0.4, -0.2) is 42.8 Å². The molecule has 7 aromatic carbocycles. The summed E-state index contributed by atoms with van der Waals surface area (Å²) in [6.45, 7) is 17.9. The third kappa shape index (κ3) is 6.96. The SMILES string of the molecule is CO[Si](c1ccc2cc3c(C(=O)Oc4ccccc4)c4cc5cc([Si](OC)(C(C)C)C(C)C)ccc5cc4c(C(=O)Oc4ccccc4)c3cc2c1)(C(C)C)C(C)C. The molecule has 0 saturated carbocycles. The maximum atomic E-state index is 14.7. The number of hydrogen-bond acceptors (Lipinski definition) is 6. The first-order chi connectivity index (χ1) is 27.8. The van der Waals surface area contributed by atoms with E-state index < -0.39 is 28.6 Å². The van der Waals surface area contributed by atoms with Crippen molar-refractivity contribution in [2.45, 2.75) is 77.6 Å². The molecule has 298 valence electrons. The summed E-state index contributed by atoms with van der Waals surface area (Å²) in [5.41, 5.74) is 2.06. The molecular formula is C50H54O6Si2. The van der Waals surface area contributed by atoms with Crippen LogP contribution in [0.2, 0.25) is 22.2 Å². The Labute approximate surface area is 344 Å². The molecule has 8 heteroatoms. The Kier molecular flexibility index (Phi) is 11.5. The van der Waals surface area contributed by atoms with E-state index in [-0.39, 0.29) is 0 Å². The van der Waals surface area contributed by atoms with Gasteiger partial charge in [0.05, 0.1) is 11.1 Å². The Bertz CT molecular complexity index is 2450. The van der Waals surface area contributed by atoms with E-state index in [0.717, 1.165) is 21.5 Å². The first-order valence-corrected chi connectivity index (χ1v) is 24.5. The number of hydrogen-bond donors (Lipinski definition) is 0. The predicted molar refractivity (Wildman–Crippen MR) is 244 cm³/mol. The minimum absolute atomic E-state index is 0.321. The third-order valence-electron chi connectivity index (χ3n) is 12.4. The molecule has 0 amide bonds. The Morgan fingerprint density at radius 2 is 0.724 bits per heavy atom. The lowest BCUT2D eigenvalue weighted by atomic mass is 9.88. The average molecular weight is 807 g/mol. The minimum atomic E-state index is -2.43. The van der Waals surface area contributed by atoms with Crippen molar-refractivity contribution < 1.29 is 27.9 Å². The van der Waals surface area contributed by atoms with E-state index in [1.807, 2.05) is 74.9 Å². The molecule has 7 rings (SSSR count). The summed E-state index contributed by atoms with van der Waals surface area (Å²) < 4.78 is 25.2. The summed E-state index contributed by atoms with van der Waals surface area (Å²) in [4.78, 5) is 29.5. The average Bonchev–Trinajstić information content (AvgIpc) is 3.19. The maximum absolute atomic E-state index is 14.7. The van der Waals surface area contributed by atoms with Crippen molar-refractivity contribution in [3.8, 4) is 11.5 Å². The van der Waals surface area contributed by atoms with Crippen LogP contribution in [0.15, 0.2) is 121 Å². The van der Waals surface area contributed by atoms with Gasteiger partial charge in [-0.25, -0.2) is 9.59 Å². The zero-order chi connectivity index (χ0) is 41.5. The van der Waals surface area contributed by atoms with Crippen molar-refractivity contribution >= 4 is 82.0 Å². The Hall–Kier alpha value is -5.13. The number of para-hydroxylation sites is 2. The summed E-state index contributed by atoms with van der Waals surface area (Å²) in [5, 5.41) is 8.58. The molecule has 0 aliphatic rings. The summed E-state index contributed by atoms with van der Waals surface area (Å²) in [7, 11) is -1.18. The normalized spacial score (nSPS) is 12.5. The highest BCUT2D eigenvalue weighted by atomic mass is 28.4. The Morgan fingerprint density at radius 3 is 1.02 bits per heavy atom. The van der Waals surface area contributed by atoms with Gasteiger partial charge in [-0.15, -0.1) is 0 Å². The van der Waals surface area contributed by atoms with Gasteiger partial charge in [-0.2, -0.15) is 0 Å². The van der Waals surface area contributed by atoms with E-state index in [4.69, 9.17) is 18.3 Å². The van der Waals surface area contributed by atoms with Gasteiger partial charge < -0.3 is 18.3 Å². The largest absolute Gasteiger partial charge is 0.423 e. The zero-order valence-corrected chi connectivity index (χ0v) is 37.3. The van der Waals surface area contributed by atoms with E-state index in [9.17, 15) is 9.59 Å². The van der Waals surface area contributed by atoms with Crippen LogP contribution in [0.1, 0.15) is 76.1 Å². The highest BCUT2D eigenvalue weighted by Crippen LogP contribution is 2.41. The lowest BCUT2D eigenvalue weighted by Gasteiger charge is -2.38. The van der Waals surface area contributed by atoms with E-state index >= 15 is 0 Å². The third-order valence-corrected chi connectivity index (χ3v) is 23.0. The van der Waals surface area contributed by atoms with Crippen LogP contribution in [0.25, 0.3) is 43.1 Å². The van der Waals surface area contributed by atoms with Crippen molar-refractivity contribution in [3.63, 3.8) is 0 Å². The number of ether oxygens (including phenoxy) is 2. The van der Waals surface area contributed by atoms with Gasteiger partial charge in [0.2, 0.25) is 16.6 Å². The summed E-state index contributed by atoms with van der Waals surface area (Å²) >= 11 is 0. The van der Waals surface area contributed by atoms with E-state index in [2.05, 4.69) is 91.8 Å². The summed E-state index contributed by atoms with van der Waals surface area (Å²) in [6.07, 6.45) is 0. The predicted octanol–water partition coefficient (Wildman–Crippen LogP) is 12.0.